The van der Waals surface area contributed by atoms with Crippen molar-refractivity contribution >= 4 is 29.4 Å². The Morgan fingerprint density at radius 1 is 0.692 bits per heavy atom. The lowest BCUT2D eigenvalue weighted by molar-refractivity contribution is -0.900. The number of hydrogen-bond donors (Lipinski definition) is 5. The van der Waals surface area contributed by atoms with Crippen LogP contribution in [0.25, 0.3) is 0 Å². The third-order valence-corrected chi connectivity index (χ3v) is 9.52. The highest BCUT2D eigenvalue weighted by molar-refractivity contribution is 5.98. The summed E-state index contributed by atoms with van der Waals surface area (Å²) < 4.78 is 10.8. The number of hydrogen-bond acceptors (Lipinski definition) is 7. The average Bonchev–Trinajstić information content (AvgIpc) is 3.87. The van der Waals surface area contributed by atoms with Gasteiger partial charge in [-0.25, -0.2) is 0 Å². The average molecular weight is 721 g/mol. The van der Waals surface area contributed by atoms with Gasteiger partial charge in [0.15, 0.2) is 12.3 Å². The molecule has 2 heterocycles. The number of ether oxygens (including phenoxy) is 2. The van der Waals surface area contributed by atoms with Crippen molar-refractivity contribution in [3.8, 4) is 0 Å². The van der Waals surface area contributed by atoms with Crippen molar-refractivity contribution in [3.63, 3.8) is 0 Å². The largest absolute Gasteiger partial charge is 0.370 e. The molecule has 4 rings (SSSR count). The number of rotatable bonds is 20. The predicted molar refractivity (Wildman–Crippen MR) is 197 cm³/mol. The van der Waals surface area contributed by atoms with E-state index in [0.717, 1.165) is 16.0 Å². The van der Waals surface area contributed by atoms with Gasteiger partial charge in [-0.15, -0.1) is 0 Å². The number of aryl methyl sites for hydroxylation is 1. The molecule has 0 saturated carbocycles. The molecule has 2 aromatic rings. The van der Waals surface area contributed by atoms with Crippen LogP contribution in [-0.2, 0) is 46.3 Å². The van der Waals surface area contributed by atoms with E-state index in [2.05, 4.69) is 21.3 Å². The van der Waals surface area contributed by atoms with Crippen LogP contribution in [0.2, 0.25) is 0 Å². The van der Waals surface area contributed by atoms with Crippen LogP contribution in [0.4, 0.5) is 0 Å². The Morgan fingerprint density at radius 2 is 1.19 bits per heavy atom. The number of ketones is 1. The summed E-state index contributed by atoms with van der Waals surface area (Å²) >= 11 is 0. The van der Waals surface area contributed by atoms with E-state index in [9.17, 15) is 24.0 Å². The minimum absolute atomic E-state index is 0.0204. The summed E-state index contributed by atoms with van der Waals surface area (Å²) in [5.41, 5.74) is 0.923. The van der Waals surface area contributed by atoms with Crippen LogP contribution in [-0.4, -0.2) is 98.6 Å². The number of quaternary nitrogens is 1. The number of amides is 4. The summed E-state index contributed by atoms with van der Waals surface area (Å²) in [7, 11) is 0. The molecule has 12 heteroatoms. The van der Waals surface area contributed by atoms with Crippen LogP contribution >= 0.6 is 0 Å². The molecular weight excluding hydrogens is 662 g/mol. The molecule has 5 N–H and O–H groups in total. The van der Waals surface area contributed by atoms with Crippen LogP contribution in [0.1, 0.15) is 65.0 Å². The molecule has 0 spiro atoms. The quantitative estimate of drug-likeness (QED) is 0.129. The Morgan fingerprint density at radius 3 is 1.77 bits per heavy atom. The lowest BCUT2D eigenvalue weighted by Gasteiger charge is -2.28. The normalized spacial score (nSPS) is 19.6. The molecule has 2 saturated heterocycles. The van der Waals surface area contributed by atoms with Gasteiger partial charge in [-0.1, -0.05) is 88.4 Å². The molecule has 12 nitrogen and oxygen atoms in total. The molecule has 2 aromatic carbocycles. The van der Waals surface area contributed by atoms with Gasteiger partial charge in [-0.05, 0) is 55.6 Å². The first-order valence-electron chi connectivity index (χ1n) is 18.7. The smallest absolute Gasteiger partial charge is 0.275 e. The van der Waals surface area contributed by atoms with Crippen LogP contribution in [0.5, 0.6) is 0 Å². The summed E-state index contributed by atoms with van der Waals surface area (Å²) in [6.45, 7) is 12.7. The Hall–Kier alpha value is -4.13. The van der Waals surface area contributed by atoms with Gasteiger partial charge in [0.25, 0.3) is 5.91 Å². The Labute approximate surface area is 308 Å². The Balaban J connectivity index is 1.51. The highest BCUT2D eigenvalue weighted by Crippen LogP contribution is 2.29. The molecule has 2 fully saturated rings. The van der Waals surface area contributed by atoms with E-state index in [4.69, 9.17) is 9.47 Å². The molecule has 284 valence electrons. The third kappa shape index (κ3) is 13.1. The molecule has 4 amide bonds. The van der Waals surface area contributed by atoms with Gasteiger partial charge in [0.2, 0.25) is 17.7 Å². The summed E-state index contributed by atoms with van der Waals surface area (Å²) in [5, 5.41) is 11.7. The molecule has 2 aliphatic heterocycles. The summed E-state index contributed by atoms with van der Waals surface area (Å²) in [4.78, 5) is 69.6. The van der Waals surface area contributed by atoms with Gasteiger partial charge in [-0.2, -0.15) is 0 Å². The molecule has 2 aliphatic rings. The third-order valence-electron chi connectivity index (χ3n) is 9.52. The minimum Gasteiger partial charge on any atom is -0.370 e. The predicted octanol–water partition coefficient (Wildman–Crippen LogP) is 1.17. The summed E-state index contributed by atoms with van der Waals surface area (Å²) in [5.74, 6) is -1.77. The number of carbonyl (C=O) groups is 5. The monoisotopic (exact) mass is 720 g/mol. The Kier molecular flexibility index (Phi) is 15.3. The molecular formula is C40H58N5O7+. The number of benzene rings is 2. The van der Waals surface area contributed by atoms with E-state index in [-0.39, 0.29) is 36.5 Å². The molecule has 0 aromatic heterocycles. The van der Waals surface area contributed by atoms with E-state index in [0.29, 0.717) is 58.6 Å². The van der Waals surface area contributed by atoms with Gasteiger partial charge in [0.1, 0.15) is 36.8 Å². The fourth-order valence-electron chi connectivity index (χ4n) is 6.43. The van der Waals surface area contributed by atoms with Crippen molar-refractivity contribution in [2.24, 2.45) is 11.8 Å². The summed E-state index contributed by atoms with van der Waals surface area (Å²) in [6, 6.07) is 15.4. The highest BCUT2D eigenvalue weighted by Gasteiger charge is 2.50. The van der Waals surface area contributed by atoms with Crippen LogP contribution in [0, 0.1) is 11.8 Å². The van der Waals surface area contributed by atoms with Gasteiger partial charge < -0.3 is 35.6 Å². The maximum atomic E-state index is 14.1. The topological polar surface area (TPSA) is 160 Å². The van der Waals surface area contributed by atoms with Crippen molar-refractivity contribution in [3.05, 3.63) is 71.8 Å². The summed E-state index contributed by atoms with van der Waals surface area (Å²) in [6.07, 6.45) is 1.79. The van der Waals surface area contributed by atoms with E-state index >= 15 is 0 Å². The van der Waals surface area contributed by atoms with Gasteiger partial charge in [-0.3, -0.25) is 24.0 Å². The zero-order valence-electron chi connectivity index (χ0n) is 31.4. The van der Waals surface area contributed by atoms with Gasteiger partial charge in [0, 0.05) is 6.42 Å². The molecule has 0 aliphatic carbocycles. The lowest BCUT2D eigenvalue weighted by atomic mass is 9.93. The second kappa shape index (κ2) is 19.6. The van der Waals surface area contributed by atoms with Crippen molar-refractivity contribution in [1.82, 2.24) is 21.3 Å². The first-order chi connectivity index (χ1) is 24.8. The van der Waals surface area contributed by atoms with E-state index in [1.54, 1.807) is 6.92 Å². The Bertz CT molecular complexity index is 1480. The zero-order valence-corrected chi connectivity index (χ0v) is 31.4. The molecule has 5 atom stereocenters. The highest BCUT2D eigenvalue weighted by atomic mass is 16.6. The zero-order chi connectivity index (χ0) is 37.7. The first-order valence-corrected chi connectivity index (χ1v) is 18.7. The fraction of sp³-hybridized carbons (Fsp3) is 0.575. The fourth-order valence-corrected chi connectivity index (χ4v) is 6.43. The molecule has 2 unspecified atom stereocenters. The maximum absolute atomic E-state index is 14.1. The van der Waals surface area contributed by atoms with Crippen LogP contribution in [0.15, 0.2) is 60.7 Å². The number of carbonyl (C=O) groups excluding carboxylic acids is 5. The van der Waals surface area contributed by atoms with Crippen LogP contribution < -0.4 is 26.2 Å². The molecule has 52 heavy (non-hydrogen) atoms. The number of epoxide rings is 1. The van der Waals surface area contributed by atoms with Gasteiger partial charge >= 0.3 is 0 Å². The number of nitrogens with one attached hydrogen (secondary N) is 5. The van der Waals surface area contributed by atoms with E-state index in [1.807, 2.05) is 88.4 Å². The van der Waals surface area contributed by atoms with Crippen LogP contribution in [0.3, 0.4) is 0 Å². The molecule has 0 radical (unpaired) electrons. The van der Waals surface area contributed by atoms with Crippen molar-refractivity contribution in [2.45, 2.75) is 96.5 Å². The minimum atomic E-state index is -1.03. The van der Waals surface area contributed by atoms with Crippen molar-refractivity contribution in [2.75, 3.05) is 39.5 Å². The standard InChI is InChI=1S/C40H57N5O7/c1-27(2)22-32(36(47)40(5)26-52-40)42-39(50)34(24-30-14-10-7-11-15-30)44-38(49)33(23-28(3)4)43-37(48)31(17-16-29-12-8-6-9-13-29)41-35(46)25-45-18-20-51-21-19-45/h6-15,27-28,31-34H,16-26H2,1-5H3,(H,41,46)(H,42,50)(H,43,48)(H,44,49)/p+1/t31?,32-,33-,34?,40+/m0/s1. The second-order valence-electron chi connectivity index (χ2n) is 15.2. The SMILES string of the molecule is CC(C)C[C@H](NC(=O)C(CCc1ccccc1)NC(=O)C[NH+]1CCOCC1)C(=O)NC(Cc1ccccc1)C(=O)N[C@@H](CC(C)C)C(=O)[C@@]1(C)CO1. The van der Waals surface area contributed by atoms with Crippen molar-refractivity contribution < 1.29 is 38.3 Å². The lowest BCUT2D eigenvalue weighted by Crippen LogP contribution is -3.15. The maximum Gasteiger partial charge on any atom is 0.275 e. The molecule has 0 bridgehead atoms. The first kappa shape index (κ1) is 40.6. The number of Topliss-reactive ketones (excluding diaryl/α,β-unsaturated/α-hetero) is 1. The van der Waals surface area contributed by atoms with E-state index in [1.165, 1.54) is 0 Å². The van der Waals surface area contributed by atoms with Crippen molar-refractivity contribution in [1.29, 1.82) is 0 Å². The number of morpholine rings is 1. The van der Waals surface area contributed by atoms with E-state index < -0.39 is 47.5 Å². The van der Waals surface area contributed by atoms with Gasteiger partial charge in [0.05, 0.1) is 25.9 Å². The second-order valence-corrected chi connectivity index (χ2v) is 15.2.